The second-order valence-corrected chi connectivity index (χ2v) is 8.76. The first-order valence-corrected chi connectivity index (χ1v) is 10.9. The van der Waals surface area contributed by atoms with Gasteiger partial charge in [0.1, 0.15) is 0 Å². The van der Waals surface area contributed by atoms with Gasteiger partial charge in [-0.3, -0.25) is 9.59 Å². The van der Waals surface area contributed by atoms with Gasteiger partial charge in [0.15, 0.2) is 5.13 Å². The molecule has 0 spiro atoms. The molecule has 0 unspecified atom stereocenters. The summed E-state index contributed by atoms with van der Waals surface area (Å²) >= 11 is 1.22. The molecule has 2 amide bonds. The SMILES string of the molecule is O=C(CC[C@@H]1Cc2ccccc2NC1=O)Nc1ncc(Cc2cccc(C(F)(F)F)c2)s1. The van der Waals surface area contributed by atoms with Gasteiger partial charge in [-0.2, -0.15) is 13.2 Å². The fraction of sp³-hybridized carbons (Fsp3) is 0.261. The molecule has 3 aromatic rings. The summed E-state index contributed by atoms with van der Waals surface area (Å²) in [5, 5.41) is 5.97. The lowest BCUT2D eigenvalue weighted by Gasteiger charge is -2.24. The number of carbonyl (C=O) groups is 2. The van der Waals surface area contributed by atoms with E-state index in [-0.39, 0.29) is 24.2 Å². The van der Waals surface area contributed by atoms with Crippen molar-refractivity contribution in [3.05, 3.63) is 76.3 Å². The van der Waals surface area contributed by atoms with Crippen LogP contribution in [0.5, 0.6) is 0 Å². The van der Waals surface area contributed by atoms with Crippen molar-refractivity contribution < 1.29 is 22.8 Å². The Morgan fingerprint density at radius 3 is 2.81 bits per heavy atom. The third kappa shape index (κ3) is 5.34. The fourth-order valence-electron chi connectivity index (χ4n) is 3.64. The molecule has 1 atom stereocenters. The molecule has 9 heteroatoms. The van der Waals surface area contributed by atoms with Gasteiger partial charge in [-0.15, -0.1) is 11.3 Å². The zero-order valence-electron chi connectivity index (χ0n) is 16.9. The molecular weight excluding hydrogens is 439 g/mol. The Labute approximate surface area is 186 Å². The van der Waals surface area contributed by atoms with Gasteiger partial charge in [0.2, 0.25) is 11.8 Å². The number of nitrogens with zero attached hydrogens (tertiary/aromatic N) is 1. The largest absolute Gasteiger partial charge is 0.416 e. The smallest absolute Gasteiger partial charge is 0.326 e. The molecule has 1 aliphatic heterocycles. The number of thiazole rings is 1. The monoisotopic (exact) mass is 459 g/mol. The molecule has 0 saturated heterocycles. The van der Waals surface area contributed by atoms with E-state index < -0.39 is 11.7 Å². The van der Waals surface area contributed by atoms with E-state index in [0.29, 0.717) is 30.0 Å². The highest BCUT2D eigenvalue weighted by Gasteiger charge is 2.30. The number of benzene rings is 2. The quantitative estimate of drug-likeness (QED) is 0.527. The Kier molecular flexibility index (Phi) is 6.27. The standard InChI is InChI=1S/C23H20F3N3O2S/c24-23(25,26)17-6-3-4-14(10-17)11-18-13-27-22(32-18)29-20(30)9-8-16-12-15-5-1-2-7-19(15)28-21(16)31/h1-7,10,13,16H,8-9,11-12H2,(H,28,31)(H,27,29,30)/t16-/m1/s1. The van der Waals surface area contributed by atoms with E-state index in [1.807, 2.05) is 24.3 Å². The molecule has 166 valence electrons. The van der Waals surface area contributed by atoms with Gasteiger partial charge >= 0.3 is 6.18 Å². The molecule has 0 saturated carbocycles. The molecule has 0 radical (unpaired) electrons. The number of fused-ring (bicyclic) bond motifs is 1. The first kappa shape index (κ1) is 22.0. The Hall–Kier alpha value is -3.20. The summed E-state index contributed by atoms with van der Waals surface area (Å²) in [7, 11) is 0. The second kappa shape index (κ2) is 9.12. The Morgan fingerprint density at radius 1 is 1.19 bits per heavy atom. The number of aromatic nitrogens is 1. The molecule has 5 nitrogen and oxygen atoms in total. The van der Waals surface area contributed by atoms with Crippen LogP contribution in [0.25, 0.3) is 0 Å². The fourth-order valence-corrected chi connectivity index (χ4v) is 4.50. The predicted molar refractivity (Wildman–Crippen MR) is 116 cm³/mol. The summed E-state index contributed by atoms with van der Waals surface area (Å²) in [6, 6.07) is 12.8. The van der Waals surface area contributed by atoms with Crippen molar-refractivity contribution in [2.75, 3.05) is 10.6 Å². The molecule has 1 aliphatic rings. The summed E-state index contributed by atoms with van der Waals surface area (Å²) in [6.45, 7) is 0. The number of carbonyl (C=O) groups excluding carboxylic acids is 2. The number of amides is 2. The maximum Gasteiger partial charge on any atom is 0.416 e. The molecule has 2 aromatic carbocycles. The third-order valence-corrected chi connectivity index (χ3v) is 6.18. The predicted octanol–water partition coefficient (Wildman–Crippen LogP) is 5.28. The van der Waals surface area contributed by atoms with Crippen LogP contribution in [0.4, 0.5) is 24.0 Å². The van der Waals surface area contributed by atoms with E-state index in [2.05, 4.69) is 15.6 Å². The summed E-state index contributed by atoms with van der Waals surface area (Å²) in [6.07, 6.45) is -1.38. The Bertz CT molecular complexity index is 1140. The minimum atomic E-state index is -4.39. The lowest BCUT2D eigenvalue weighted by molar-refractivity contribution is -0.137. The van der Waals surface area contributed by atoms with Crippen LogP contribution < -0.4 is 10.6 Å². The average Bonchev–Trinajstić information content (AvgIpc) is 3.18. The Balaban J connectivity index is 1.30. The molecule has 32 heavy (non-hydrogen) atoms. The molecule has 0 bridgehead atoms. The molecule has 1 aromatic heterocycles. The number of alkyl halides is 3. The van der Waals surface area contributed by atoms with E-state index in [4.69, 9.17) is 0 Å². The number of rotatable bonds is 6. The van der Waals surface area contributed by atoms with Crippen LogP contribution in [0, 0.1) is 5.92 Å². The van der Waals surface area contributed by atoms with Crippen molar-refractivity contribution in [3.8, 4) is 0 Å². The van der Waals surface area contributed by atoms with Crippen LogP contribution in [-0.4, -0.2) is 16.8 Å². The van der Waals surface area contributed by atoms with Gasteiger partial charge in [-0.25, -0.2) is 4.98 Å². The number of hydrogen-bond donors (Lipinski definition) is 2. The highest BCUT2D eigenvalue weighted by atomic mass is 32.1. The number of nitrogens with one attached hydrogen (secondary N) is 2. The lowest BCUT2D eigenvalue weighted by atomic mass is 9.89. The molecule has 2 N–H and O–H groups in total. The maximum atomic E-state index is 12.9. The zero-order chi connectivity index (χ0) is 22.7. The molecular formula is C23H20F3N3O2S. The van der Waals surface area contributed by atoms with Crippen molar-refractivity contribution in [1.29, 1.82) is 0 Å². The summed E-state index contributed by atoms with van der Waals surface area (Å²) < 4.78 is 38.6. The van der Waals surface area contributed by atoms with Crippen molar-refractivity contribution in [2.45, 2.75) is 31.9 Å². The first-order valence-electron chi connectivity index (χ1n) is 10.1. The van der Waals surface area contributed by atoms with Crippen LogP contribution >= 0.6 is 11.3 Å². The number of halogens is 3. The maximum absolute atomic E-state index is 12.9. The minimum absolute atomic E-state index is 0.0888. The summed E-state index contributed by atoms with van der Waals surface area (Å²) in [5.74, 6) is -0.617. The van der Waals surface area contributed by atoms with Crippen molar-refractivity contribution in [1.82, 2.24) is 4.98 Å². The van der Waals surface area contributed by atoms with E-state index in [1.54, 1.807) is 12.3 Å². The molecule has 0 aliphatic carbocycles. The van der Waals surface area contributed by atoms with Gasteiger partial charge < -0.3 is 10.6 Å². The summed E-state index contributed by atoms with van der Waals surface area (Å²) in [4.78, 5) is 29.5. The zero-order valence-corrected chi connectivity index (χ0v) is 17.7. The van der Waals surface area contributed by atoms with E-state index in [1.165, 1.54) is 17.4 Å². The number of hydrogen-bond acceptors (Lipinski definition) is 4. The van der Waals surface area contributed by atoms with Crippen LogP contribution in [0.15, 0.2) is 54.7 Å². The van der Waals surface area contributed by atoms with Gasteiger partial charge in [-0.05, 0) is 36.1 Å². The van der Waals surface area contributed by atoms with Crippen LogP contribution in [0.1, 0.15) is 34.4 Å². The van der Waals surface area contributed by atoms with Crippen LogP contribution in [-0.2, 0) is 28.6 Å². The topological polar surface area (TPSA) is 71.1 Å². The summed E-state index contributed by atoms with van der Waals surface area (Å²) in [5.41, 5.74) is 1.69. The van der Waals surface area contributed by atoms with Crippen LogP contribution in [0.3, 0.4) is 0 Å². The highest BCUT2D eigenvalue weighted by Crippen LogP contribution is 2.31. The average molecular weight is 459 g/mol. The first-order chi connectivity index (χ1) is 15.3. The van der Waals surface area contributed by atoms with E-state index in [0.717, 1.165) is 28.3 Å². The van der Waals surface area contributed by atoms with Gasteiger partial charge in [0, 0.05) is 35.5 Å². The molecule has 4 rings (SSSR count). The van der Waals surface area contributed by atoms with Crippen molar-refractivity contribution >= 4 is 34.0 Å². The minimum Gasteiger partial charge on any atom is -0.326 e. The van der Waals surface area contributed by atoms with Gasteiger partial charge in [0.05, 0.1) is 5.56 Å². The van der Waals surface area contributed by atoms with Crippen molar-refractivity contribution in [3.63, 3.8) is 0 Å². The van der Waals surface area contributed by atoms with Crippen LogP contribution in [0.2, 0.25) is 0 Å². The highest BCUT2D eigenvalue weighted by molar-refractivity contribution is 7.15. The number of para-hydroxylation sites is 1. The van der Waals surface area contributed by atoms with Gasteiger partial charge in [0.25, 0.3) is 0 Å². The van der Waals surface area contributed by atoms with E-state index >= 15 is 0 Å². The van der Waals surface area contributed by atoms with Crippen molar-refractivity contribution in [2.24, 2.45) is 5.92 Å². The second-order valence-electron chi connectivity index (χ2n) is 7.64. The molecule has 0 fully saturated rings. The normalized spacial score (nSPS) is 15.7. The number of anilines is 2. The Morgan fingerprint density at radius 2 is 2.00 bits per heavy atom. The lowest BCUT2D eigenvalue weighted by Crippen LogP contribution is -2.30. The van der Waals surface area contributed by atoms with E-state index in [9.17, 15) is 22.8 Å². The third-order valence-electron chi connectivity index (χ3n) is 5.26. The molecule has 2 heterocycles. The van der Waals surface area contributed by atoms with Gasteiger partial charge in [-0.1, -0.05) is 36.4 Å².